The molecule has 0 fully saturated rings. The van der Waals surface area contributed by atoms with Gasteiger partial charge in [0, 0.05) is 3.57 Å². The number of carbonyl (C=O) groups excluding carboxylic acids is 3. The van der Waals surface area contributed by atoms with Crippen LogP contribution in [-0.2, 0) is 14.3 Å². The van der Waals surface area contributed by atoms with Crippen LogP contribution >= 0.6 is 22.6 Å². The third kappa shape index (κ3) is 4.68. The van der Waals surface area contributed by atoms with E-state index in [2.05, 4.69) is 33.2 Å². The molecule has 0 saturated carbocycles. The quantitative estimate of drug-likeness (QED) is 0.547. The van der Waals surface area contributed by atoms with Crippen LogP contribution in [0.4, 0.5) is 4.79 Å². The Morgan fingerprint density at radius 3 is 2.74 bits per heavy atom. The van der Waals surface area contributed by atoms with Crippen molar-refractivity contribution in [2.45, 2.75) is 6.92 Å². The first-order valence-electron chi connectivity index (χ1n) is 6.88. The zero-order chi connectivity index (χ0) is 16.8. The number of hydrogen-bond acceptors (Lipinski definition) is 5. The highest BCUT2D eigenvalue weighted by molar-refractivity contribution is 14.1. The van der Waals surface area contributed by atoms with Crippen molar-refractivity contribution in [1.29, 1.82) is 0 Å². The standard InChI is InChI=1S/C15H15IN2O5/c1-2-22-14(20)11-7-17-15(21)18-12(11)8-23-13(19)9-4-3-5-10(16)6-9/h3-6H,2,7-8H2,1H3,(H2,17,18,21). The Labute approximate surface area is 146 Å². The fourth-order valence-electron chi connectivity index (χ4n) is 1.91. The zero-order valence-corrected chi connectivity index (χ0v) is 14.5. The second-order valence-electron chi connectivity index (χ2n) is 4.57. The molecule has 0 unspecified atom stereocenters. The van der Waals surface area contributed by atoms with Gasteiger partial charge in [0.25, 0.3) is 0 Å². The summed E-state index contributed by atoms with van der Waals surface area (Å²) < 4.78 is 11.0. The lowest BCUT2D eigenvalue weighted by atomic mass is 10.1. The van der Waals surface area contributed by atoms with E-state index < -0.39 is 18.0 Å². The van der Waals surface area contributed by atoms with Gasteiger partial charge in [0.15, 0.2) is 0 Å². The van der Waals surface area contributed by atoms with Gasteiger partial charge in [-0.3, -0.25) is 0 Å². The van der Waals surface area contributed by atoms with E-state index >= 15 is 0 Å². The van der Waals surface area contributed by atoms with Crippen molar-refractivity contribution in [3.05, 3.63) is 44.7 Å². The second kappa shape index (κ2) is 7.95. The van der Waals surface area contributed by atoms with Gasteiger partial charge in [-0.25, -0.2) is 14.4 Å². The van der Waals surface area contributed by atoms with Crippen LogP contribution in [0.15, 0.2) is 35.5 Å². The molecule has 0 aromatic heterocycles. The highest BCUT2D eigenvalue weighted by atomic mass is 127. The van der Waals surface area contributed by atoms with E-state index in [1.807, 2.05) is 6.07 Å². The van der Waals surface area contributed by atoms with Crippen LogP contribution in [-0.4, -0.2) is 37.7 Å². The number of benzene rings is 1. The van der Waals surface area contributed by atoms with E-state index in [0.717, 1.165) is 3.57 Å². The SMILES string of the molecule is CCOC(=O)C1=C(COC(=O)c2cccc(I)c2)NC(=O)NC1. The maximum absolute atomic E-state index is 12.0. The maximum Gasteiger partial charge on any atom is 0.338 e. The Morgan fingerprint density at radius 1 is 1.26 bits per heavy atom. The lowest BCUT2D eigenvalue weighted by Gasteiger charge is -2.21. The first-order valence-corrected chi connectivity index (χ1v) is 7.95. The second-order valence-corrected chi connectivity index (χ2v) is 5.82. The van der Waals surface area contributed by atoms with E-state index in [4.69, 9.17) is 9.47 Å². The van der Waals surface area contributed by atoms with Crippen molar-refractivity contribution in [3.8, 4) is 0 Å². The minimum Gasteiger partial charge on any atom is -0.463 e. The largest absolute Gasteiger partial charge is 0.463 e. The van der Waals surface area contributed by atoms with Crippen molar-refractivity contribution in [3.63, 3.8) is 0 Å². The minimum absolute atomic E-state index is 0.0286. The molecule has 2 amide bonds. The fraction of sp³-hybridized carbons (Fsp3) is 0.267. The van der Waals surface area contributed by atoms with Crippen LogP contribution in [0.1, 0.15) is 17.3 Å². The normalized spacial score (nSPS) is 13.9. The molecule has 8 heteroatoms. The Bertz CT molecular complexity index is 672. The molecule has 0 radical (unpaired) electrons. The Balaban J connectivity index is 2.10. The fourth-order valence-corrected chi connectivity index (χ4v) is 2.45. The van der Waals surface area contributed by atoms with Crippen molar-refractivity contribution in [2.75, 3.05) is 19.8 Å². The van der Waals surface area contributed by atoms with Gasteiger partial charge in [0.2, 0.25) is 0 Å². The smallest absolute Gasteiger partial charge is 0.338 e. The molecule has 122 valence electrons. The summed E-state index contributed by atoms with van der Waals surface area (Å²) in [6.45, 7) is 1.71. The molecular weight excluding hydrogens is 415 g/mol. The number of amides is 2. The summed E-state index contributed by atoms with van der Waals surface area (Å²) in [6.07, 6.45) is 0. The molecule has 1 aliphatic rings. The van der Waals surface area contributed by atoms with Gasteiger partial charge in [0.05, 0.1) is 30.0 Å². The molecule has 7 nitrogen and oxygen atoms in total. The van der Waals surface area contributed by atoms with Crippen LogP contribution in [0.25, 0.3) is 0 Å². The van der Waals surface area contributed by atoms with Crippen LogP contribution in [0, 0.1) is 3.57 Å². The van der Waals surface area contributed by atoms with Crippen LogP contribution < -0.4 is 10.6 Å². The average molecular weight is 430 g/mol. The molecule has 0 atom stereocenters. The number of carbonyl (C=O) groups is 3. The maximum atomic E-state index is 12.0. The minimum atomic E-state index is -0.555. The van der Waals surface area contributed by atoms with E-state index in [1.165, 1.54) is 0 Å². The number of esters is 2. The van der Waals surface area contributed by atoms with Gasteiger partial charge in [0.1, 0.15) is 6.61 Å². The molecule has 0 saturated heterocycles. The Hall–Kier alpha value is -2.10. The average Bonchev–Trinajstić information content (AvgIpc) is 2.52. The third-order valence-corrected chi connectivity index (χ3v) is 3.66. The lowest BCUT2D eigenvalue weighted by Crippen LogP contribution is -2.45. The number of rotatable bonds is 5. The van der Waals surface area contributed by atoms with Crippen LogP contribution in [0.3, 0.4) is 0 Å². The summed E-state index contributed by atoms with van der Waals surface area (Å²) in [5, 5.41) is 4.95. The summed E-state index contributed by atoms with van der Waals surface area (Å²) in [5.74, 6) is -1.09. The predicted octanol–water partition coefficient (Wildman–Crippen LogP) is 1.58. The molecular formula is C15H15IN2O5. The molecule has 0 aliphatic carbocycles. The van der Waals surface area contributed by atoms with Crippen molar-refractivity contribution < 1.29 is 23.9 Å². The first kappa shape index (κ1) is 17.3. The lowest BCUT2D eigenvalue weighted by molar-refractivity contribution is -0.138. The van der Waals surface area contributed by atoms with Gasteiger partial charge < -0.3 is 20.1 Å². The van der Waals surface area contributed by atoms with Gasteiger partial charge in [-0.2, -0.15) is 0 Å². The third-order valence-electron chi connectivity index (χ3n) is 2.98. The topological polar surface area (TPSA) is 93.7 Å². The monoisotopic (exact) mass is 430 g/mol. The number of halogens is 1. The first-order chi connectivity index (χ1) is 11.0. The molecule has 1 aliphatic heterocycles. The van der Waals surface area contributed by atoms with Crippen LogP contribution in [0.5, 0.6) is 0 Å². The summed E-state index contributed by atoms with van der Waals surface area (Å²) in [6, 6.07) is 6.45. The van der Waals surface area contributed by atoms with E-state index in [1.54, 1.807) is 25.1 Å². The molecule has 1 aromatic carbocycles. The summed E-state index contributed by atoms with van der Waals surface area (Å²) in [5.41, 5.74) is 0.864. The summed E-state index contributed by atoms with van der Waals surface area (Å²) in [4.78, 5) is 35.3. The Morgan fingerprint density at radius 2 is 2.04 bits per heavy atom. The molecule has 2 rings (SSSR count). The van der Waals surface area contributed by atoms with E-state index in [9.17, 15) is 14.4 Å². The van der Waals surface area contributed by atoms with Crippen molar-refractivity contribution >= 4 is 40.6 Å². The number of urea groups is 1. The Kier molecular flexibility index (Phi) is 5.97. The molecule has 1 heterocycles. The zero-order valence-electron chi connectivity index (χ0n) is 12.3. The van der Waals surface area contributed by atoms with Gasteiger partial charge in [-0.15, -0.1) is 0 Å². The molecule has 0 spiro atoms. The predicted molar refractivity (Wildman–Crippen MR) is 89.6 cm³/mol. The number of ether oxygens (including phenoxy) is 2. The van der Waals surface area contributed by atoms with Crippen LogP contribution in [0.2, 0.25) is 0 Å². The van der Waals surface area contributed by atoms with Gasteiger partial charge in [-0.1, -0.05) is 6.07 Å². The van der Waals surface area contributed by atoms with Crippen molar-refractivity contribution in [2.24, 2.45) is 0 Å². The van der Waals surface area contributed by atoms with Crippen molar-refractivity contribution in [1.82, 2.24) is 10.6 Å². The van der Waals surface area contributed by atoms with Gasteiger partial charge in [-0.05, 0) is 47.7 Å². The molecule has 23 heavy (non-hydrogen) atoms. The highest BCUT2D eigenvalue weighted by Gasteiger charge is 2.24. The molecule has 1 aromatic rings. The molecule has 2 N–H and O–H groups in total. The van der Waals surface area contributed by atoms with E-state index in [-0.39, 0.29) is 31.0 Å². The number of hydrogen-bond donors (Lipinski definition) is 2. The molecule has 0 bridgehead atoms. The summed E-state index contributed by atoms with van der Waals surface area (Å²) >= 11 is 2.09. The number of nitrogens with one attached hydrogen (secondary N) is 2. The summed E-state index contributed by atoms with van der Waals surface area (Å²) in [7, 11) is 0. The van der Waals surface area contributed by atoms with Gasteiger partial charge >= 0.3 is 18.0 Å². The highest BCUT2D eigenvalue weighted by Crippen LogP contribution is 2.12. The van der Waals surface area contributed by atoms with E-state index in [0.29, 0.717) is 5.56 Å².